The molecule has 0 spiro atoms. The first-order chi connectivity index (χ1) is 6.66. The largest absolute Gasteiger partial charge is 0.404 e. The Bertz CT molecular complexity index is 255. The van der Waals surface area contributed by atoms with Gasteiger partial charge in [-0.1, -0.05) is 41.5 Å². The molecule has 0 bridgehead atoms. The molecule has 2 atom stereocenters. The van der Waals surface area contributed by atoms with Gasteiger partial charge in [-0.3, -0.25) is 0 Å². The Balaban J connectivity index is 2.53. The van der Waals surface area contributed by atoms with E-state index >= 15 is 0 Å². The molecule has 1 fully saturated rings. The lowest BCUT2D eigenvalue weighted by Crippen LogP contribution is -2.12. The summed E-state index contributed by atoms with van der Waals surface area (Å²) < 4.78 is 0. The van der Waals surface area contributed by atoms with E-state index in [0.717, 1.165) is 11.2 Å². The molecule has 0 aromatic rings. The average molecular weight is 227 g/mol. The molecule has 0 heterocycles. The maximum absolute atomic E-state index is 5.71. The summed E-state index contributed by atoms with van der Waals surface area (Å²) in [6, 6.07) is 0. The van der Waals surface area contributed by atoms with E-state index in [2.05, 4.69) is 41.5 Å². The summed E-state index contributed by atoms with van der Waals surface area (Å²) in [6.07, 6.45) is 3.14. The van der Waals surface area contributed by atoms with Crippen molar-refractivity contribution in [1.29, 1.82) is 0 Å². The van der Waals surface area contributed by atoms with Crippen molar-refractivity contribution in [1.82, 2.24) is 0 Å². The van der Waals surface area contributed by atoms with E-state index in [4.69, 9.17) is 5.73 Å². The predicted octanol–water partition coefficient (Wildman–Crippen LogP) is 4.00. The third kappa shape index (κ3) is 3.44. The number of thioether (sulfide) groups is 1. The van der Waals surface area contributed by atoms with Crippen molar-refractivity contribution in [2.45, 2.75) is 53.2 Å². The van der Waals surface area contributed by atoms with Crippen molar-refractivity contribution in [3.05, 3.63) is 11.1 Å². The molecule has 0 amide bonds. The van der Waals surface area contributed by atoms with E-state index in [-0.39, 0.29) is 5.41 Å². The van der Waals surface area contributed by atoms with Crippen LogP contribution in [0.1, 0.15) is 48.0 Å². The molecule has 0 aliphatic heterocycles. The van der Waals surface area contributed by atoms with Crippen LogP contribution in [0.25, 0.3) is 0 Å². The smallest absolute Gasteiger partial charge is 0.0129 e. The lowest BCUT2D eigenvalue weighted by atomic mass is 9.90. The van der Waals surface area contributed by atoms with E-state index < -0.39 is 0 Å². The van der Waals surface area contributed by atoms with Crippen LogP contribution in [-0.4, -0.2) is 5.25 Å². The maximum Gasteiger partial charge on any atom is 0.0129 e. The van der Waals surface area contributed by atoms with Crippen molar-refractivity contribution in [2.75, 3.05) is 0 Å². The first-order valence-electron chi connectivity index (χ1n) is 5.75. The van der Waals surface area contributed by atoms with E-state index in [0.29, 0.717) is 5.41 Å². The molecule has 1 aliphatic carbocycles. The Hall–Kier alpha value is -0.110. The molecule has 0 saturated heterocycles. The molecule has 0 aromatic heterocycles. The number of hydrogen-bond donors (Lipinski definition) is 1. The fourth-order valence-electron chi connectivity index (χ4n) is 1.84. The standard InChI is InChI=1S/C13H25NS/c1-12(2,3)9-7-10(9)15-11(8-14)13(4,5)6/h8-10H,7,14H2,1-6H3/b11-8-. The van der Waals surface area contributed by atoms with Crippen molar-refractivity contribution in [3.8, 4) is 0 Å². The molecule has 0 aromatic carbocycles. The highest BCUT2D eigenvalue weighted by atomic mass is 32.2. The summed E-state index contributed by atoms with van der Waals surface area (Å²) >= 11 is 1.99. The first-order valence-corrected chi connectivity index (χ1v) is 6.63. The Morgan fingerprint density at radius 1 is 1.20 bits per heavy atom. The first kappa shape index (κ1) is 13.0. The van der Waals surface area contributed by atoms with Crippen LogP contribution in [-0.2, 0) is 0 Å². The van der Waals surface area contributed by atoms with Gasteiger partial charge in [-0.05, 0) is 23.2 Å². The van der Waals surface area contributed by atoms with Crippen molar-refractivity contribution in [3.63, 3.8) is 0 Å². The van der Waals surface area contributed by atoms with Crippen LogP contribution in [0.5, 0.6) is 0 Å². The molecule has 1 nitrogen and oxygen atoms in total. The summed E-state index contributed by atoms with van der Waals surface area (Å²) in [6.45, 7) is 13.7. The van der Waals surface area contributed by atoms with Crippen LogP contribution >= 0.6 is 11.8 Å². The van der Waals surface area contributed by atoms with Crippen molar-refractivity contribution >= 4 is 11.8 Å². The number of hydrogen-bond acceptors (Lipinski definition) is 2. The fourth-order valence-corrected chi connectivity index (χ4v) is 3.48. The van der Waals surface area contributed by atoms with Gasteiger partial charge in [0.2, 0.25) is 0 Å². The summed E-state index contributed by atoms with van der Waals surface area (Å²) in [5.41, 5.74) is 6.36. The highest BCUT2D eigenvalue weighted by Gasteiger charge is 2.46. The summed E-state index contributed by atoms with van der Waals surface area (Å²) in [5.74, 6) is 0.861. The van der Waals surface area contributed by atoms with Gasteiger partial charge in [0.25, 0.3) is 0 Å². The minimum Gasteiger partial charge on any atom is -0.404 e. The number of rotatable bonds is 2. The van der Waals surface area contributed by atoms with Crippen molar-refractivity contribution < 1.29 is 0 Å². The molecule has 2 unspecified atom stereocenters. The minimum absolute atomic E-state index is 0.199. The van der Waals surface area contributed by atoms with Crippen LogP contribution in [0.3, 0.4) is 0 Å². The maximum atomic E-state index is 5.71. The van der Waals surface area contributed by atoms with Crippen LogP contribution < -0.4 is 5.73 Å². The highest BCUT2D eigenvalue weighted by Crippen LogP contribution is 2.55. The van der Waals surface area contributed by atoms with Gasteiger partial charge in [0.15, 0.2) is 0 Å². The van der Waals surface area contributed by atoms with Crippen LogP contribution in [0.15, 0.2) is 11.1 Å². The van der Waals surface area contributed by atoms with Crippen molar-refractivity contribution in [2.24, 2.45) is 22.5 Å². The molecule has 1 saturated carbocycles. The zero-order chi connectivity index (χ0) is 11.9. The Morgan fingerprint density at radius 3 is 2.00 bits per heavy atom. The Labute approximate surface area is 98.9 Å². The third-order valence-electron chi connectivity index (χ3n) is 3.01. The summed E-state index contributed by atoms with van der Waals surface area (Å²) in [5, 5.41) is 0.791. The molecule has 2 heteroatoms. The van der Waals surface area contributed by atoms with E-state index in [9.17, 15) is 0 Å². The van der Waals surface area contributed by atoms with Crippen LogP contribution in [0, 0.1) is 16.7 Å². The molecule has 1 aliphatic rings. The van der Waals surface area contributed by atoms with Crippen LogP contribution in [0.2, 0.25) is 0 Å². The molecular weight excluding hydrogens is 202 g/mol. The number of allylic oxidation sites excluding steroid dienone is 1. The second kappa shape index (κ2) is 4.04. The van der Waals surface area contributed by atoms with Gasteiger partial charge in [0, 0.05) is 16.4 Å². The van der Waals surface area contributed by atoms with Gasteiger partial charge in [-0.25, -0.2) is 0 Å². The minimum atomic E-state index is 0.199. The van der Waals surface area contributed by atoms with Gasteiger partial charge < -0.3 is 5.73 Å². The van der Waals surface area contributed by atoms with Gasteiger partial charge in [0.05, 0.1) is 0 Å². The fraction of sp³-hybridized carbons (Fsp3) is 0.846. The summed E-state index contributed by atoms with van der Waals surface area (Å²) in [4.78, 5) is 1.33. The van der Waals surface area contributed by atoms with E-state index in [1.165, 1.54) is 11.3 Å². The SMILES string of the molecule is CC(C)(C)/C(=C/N)SC1CC1C(C)(C)C. The Kier molecular flexibility index (Phi) is 3.49. The van der Waals surface area contributed by atoms with Gasteiger partial charge >= 0.3 is 0 Å². The average Bonchev–Trinajstić information content (AvgIpc) is 2.75. The number of nitrogens with two attached hydrogens (primary N) is 1. The Morgan fingerprint density at radius 2 is 1.73 bits per heavy atom. The zero-order valence-corrected chi connectivity index (χ0v) is 11.7. The molecule has 88 valence electrons. The molecule has 1 rings (SSSR count). The molecular formula is C13H25NS. The molecule has 2 N–H and O–H groups in total. The zero-order valence-electron chi connectivity index (χ0n) is 10.9. The van der Waals surface area contributed by atoms with Gasteiger partial charge in [-0.2, -0.15) is 0 Å². The van der Waals surface area contributed by atoms with Gasteiger partial charge in [0.1, 0.15) is 0 Å². The predicted molar refractivity (Wildman–Crippen MR) is 70.7 cm³/mol. The monoisotopic (exact) mass is 227 g/mol. The normalized spacial score (nSPS) is 28.0. The highest BCUT2D eigenvalue weighted by molar-refractivity contribution is 8.04. The lowest BCUT2D eigenvalue weighted by Gasteiger charge is -2.23. The lowest BCUT2D eigenvalue weighted by molar-refractivity contribution is 0.353. The molecule has 0 radical (unpaired) electrons. The summed E-state index contributed by atoms with van der Waals surface area (Å²) in [7, 11) is 0. The topological polar surface area (TPSA) is 26.0 Å². The van der Waals surface area contributed by atoms with E-state index in [1.807, 2.05) is 11.8 Å². The van der Waals surface area contributed by atoms with E-state index in [1.54, 1.807) is 6.20 Å². The second-order valence-electron chi connectivity index (χ2n) is 6.65. The second-order valence-corrected chi connectivity index (χ2v) is 7.93. The quantitative estimate of drug-likeness (QED) is 0.771. The third-order valence-corrected chi connectivity index (χ3v) is 4.84. The molecule has 15 heavy (non-hydrogen) atoms. The van der Waals surface area contributed by atoms with Gasteiger partial charge in [-0.15, -0.1) is 11.8 Å². The van der Waals surface area contributed by atoms with Crippen LogP contribution in [0.4, 0.5) is 0 Å².